The first-order valence-electron chi connectivity index (χ1n) is 7.62. The van der Waals surface area contributed by atoms with Gasteiger partial charge in [-0.25, -0.2) is 0 Å². The highest BCUT2D eigenvalue weighted by Crippen LogP contribution is 2.09. The minimum absolute atomic E-state index is 0.127. The molecule has 3 heteroatoms. The van der Waals surface area contributed by atoms with E-state index >= 15 is 0 Å². The van der Waals surface area contributed by atoms with Crippen molar-refractivity contribution in [3.63, 3.8) is 0 Å². The number of rotatable bonds is 11. The summed E-state index contributed by atoms with van der Waals surface area (Å²) < 4.78 is 5.16. The number of hydrogen-bond acceptors (Lipinski definition) is 2. The van der Waals surface area contributed by atoms with Crippen LogP contribution in [0.15, 0.2) is 22.8 Å². The van der Waals surface area contributed by atoms with Crippen LogP contribution in [0.5, 0.6) is 0 Å². The third kappa shape index (κ3) is 8.46. The van der Waals surface area contributed by atoms with Crippen LogP contribution in [0, 0.1) is 0 Å². The van der Waals surface area contributed by atoms with E-state index in [9.17, 15) is 4.79 Å². The topological polar surface area (TPSA) is 42.2 Å². The van der Waals surface area contributed by atoms with E-state index in [1.807, 2.05) is 12.1 Å². The molecule has 1 rings (SSSR count). The van der Waals surface area contributed by atoms with Gasteiger partial charge < -0.3 is 9.73 Å². The molecule has 0 unspecified atom stereocenters. The zero-order valence-corrected chi connectivity index (χ0v) is 12.1. The second-order valence-electron chi connectivity index (χ2n) is 5.08. The highest BCUT2D eigenvalue weighted by molar-refractivity contribution is 5.75. The zero-order valence-electron chi connectivity index (χ0n) is 12.1. The number of unbranched alkanes of at least 4 members (excludes halogenated alkanes) is 7. The van der Waals surface area contributed by atoms with Crippen LogP contribution in [-0.4, -0.2) is 5.91 Å². The lowest BCUT2D eigenvalue weighted by Crippen LogP contribution is -2.21. The van der Waals surface area contributed by atoms with Gasteiger partial charge in [0.15, 0.2) is 0 Å². The Morgan fingerprint density at radius 3 is 2.42 bits per heavy atom. The van der Waals surface area contributed by atoms with Crippen molar-refractivity contribution < 1.29 is 9.21 Å². The third-order valence-corrected chi connectivity index (χ3v) is 3.30. The van der Waals surface area contributed by atoms with Crippen LogP contribution in [0.1, 0.15) is 70.5 Å². The molecular weight excluding hydrogens is 238 g/mol. The van der Waals surface area contributed by atoms with Crippen LogP contribution >= 0.6 is 0 Å². The zero-order chi connectivity index (χ0) is 13.8. The predicted molar refractivity (Wildman–Crippen MR) is 77.8 cm³/mol. The first kappa shape index (κ1) is 15.8. The van der Waals surface area contributed by atoms with Crippen molar-refractivity contribution in [3.05, 3.63) is 24.2 Å². The first-order chi connectivity index (χ1) is 9.33. The molecule has 3 nitrogen and oxygen atoms in total. The predicted octanol–water partition coefficient (Wildman–Crippen LogP) is 4.43. The molecule has 0 saturated heterocycles. The van der Waals surface area contributed by atoms with Crippen molar-refractivity contribution in [1.82, 2.24) is 5.32 Å². The van der Waals surface area contributed by atoms with Crippen LogP contribution in [0.25, 0.3) is 0 Å². The minimum atomic E-state index is 0.127. The van der Waals surface area contributed by atoms with Gasteiger partial charge in [-0.05, 0) is 18.6 Å². The summed E-state index contributed by atoms with van der Waals surface area (Å²) in [7, 11) is 0. The fraction of sp³-hybridized carbons (Fsp3) is 0.688. The van der Waals surface area contributed by atoms with E-state index in [0.29, 0.717) is 13.0 Å². The summed E-state index contributed by atoms with van der Waals surface area (Å²) in [6, 6.07) is 3.70. The maximum atomic E-state index is 11.6. The Morgan fingerprint density at radius 1 is 1.11 bits per heavy atom. The van der Waals surface area contributed by atoms with E-state index in [-0.39, 0.29) is 5.91 Å². The lowest BCUT2D eigenvalue weighted by atomic mass is 10.1. The van der Waals surface area contributed by atoms with E-state index in [2.05, 4.69) is 12.2 Å². The molecule has 0 aliphatic heterocycles. The molecular formula is C16H27NO2. The monoisotopic (exact) mass is 265 g/mol. The maximum absolute atomic E-state index is 11.6. The first-order valence-corrected chi connectivity index (χ1v) is 7.62. The number of carbonyl (C=O) groups excluding carboxylic acids is 1. The van der Waals surface area contributed by atoms with Crippen LogP contribution in [0.2, 0.25) is 0 Å². The lowest BCUT2D eigenvalue weighted by Gasteiger charge is -2.03. The van der Waals surface area contributed by atoms with Gasteiger partial charge in [0.05, 0.1) is 12.8 Å². The quantitative estimate of drug-likeness (QED) is 0.601. The van der Waals surface area contributed by atoms with Gasteiger partial charge in [0.2, 0.25) is 5.91 Å². The molecule has 1 amide bonds. The molecule has 108 valence electrons. The summed E-state index contributed by atoms with van der Waals surface area (Å²) in [6.07, 6.45) is 12.4. The molecule has 1 heterocycles. The Hall–Kier alpha value is -1.25. The van der Waals surface area contributed by atoms with Crippen LogP contribution < -0.4 is 5.32 Å². The SMILES string of the molecule is CCCCCCCCCCC(=O)NCc1ccco1. The molecule has 0 spiro atoms. The second kappa shape index (κ2) is 10.7. The largest absolute Gasteiger partial charge is 0.467 e. The molecule has 19 heavy (non-hydrogen) atoms. The van der Waals surface area contributed by atoms with E-state index in [4.69, 9.17) is 4.42 Å². The average molecular weight is 265 g/mol. The van der Waals surface area contributed by atoms with Gasteiger partial charge in [-0.2, -0.15) is 0 Å². The van der Waals surface area contributed by atoms with Gasteiger partial charge in [0.25, 0.3) is 0 Å². The number of hydrogen-bond donors (Lipinski definition) is 1. The number of carbonyl (C=O) groups is 1. The van der Waals surface area contributed by atoms with Crippen molar-refractivity contribution in [2.75, 3.05) is 0 Å². The van der Waals surface area contributed by atoms with Crippen LogP contribution in [-0.2, 0) is 11.3 Å². The molecule has 1 aromatic rings. The summed E-state index contributed by atoms with van der Waals surface area (Å²) >= 11 is 0. The minimum Gasteiger partial charge on any atom is -0.467 e. The van der Waals surface area contributed by atoms with Crippen molar-refractivity contribution in [1.29, 1.82) is 0 Å². The van der Waals surface area contributed by atoms with E-state index in [0.717, 1.165) is 12.2 Å². The Morgan fingerprint density at radius 2 is 1.79 bits per heavy atom. The van der Waals surface area contributed by atoms with E-state index in [1.54, 1.807) is 6.26 Å². The Bertz CT molecular complexity index is 319. The lowest BCUT2D eigenvalue weighted by molar-refractivity contribution is -0.121. The Balaban J connectivity index is 1.87. The molecule has 0 aromatic carbocycles. The molecule has 0 aliphatic carbocycles. The normalized spacial score (nSPS) is 10.6. The Labute approximate surface area is 116 Å². The molecule has 0 saturated carbocycles. The van der Waals surface area contributed by atoms with Gasteiger partial charge in [-0.3, -0.25) is 4.79 Å². The molecule has 0 atom stereocenters. The van der Waals surface area contributed by atoms with Gasteiger partial charge in [0.1, 0.15) is 5.76 Å². The fourth-order valence-electron chi connectivity index (χ4n) is 2.11. The third-order valence-electron chi connectivity index (χ3n) is 3.30. The fourth-order valence-corrected chi connectivity index (χ4v) is 2.11. The number of nitrogens with one attached hydrogen (secondary N) is 1. The maximum Gasteiger partial charge on any atom is 0.220 e. The number of furan rings is 1. The number of amides is 1. The summed E-state index contributed by atoms with van der Waals surface area (Å²) in [5, 5.41) is 2.87. The van der Waals surface area contributed by atoms with Crippen molar-refractivity contribution >= 4 is 5.91 Å². The summed E-state index contributed by atoms with van der Waals surface area (Å²) in [4.78, 5) is 11.6. The van der Waals surface area contributed by atoms with Crippen molar-refractivity contribution in [3.8, 4) is 0 Å². The van der Waals surface area contributed by atoms with Gasteiger partial charge in [-0.1, -0.05) is 51.9 Å². The highest BCUT2D eigenvalue weighted by Gasteiger charge is 2.02. The van der Waals surface area contributed by atoms with E-state index < -0.39 is 0 Å². The van der Waals surface area contributed by atoms with Crippen LogP contribution in [0.4, 0.5) is 0 Å². The average Bonchev–Trinajstić information content (AvgIpc) is 2.93. The van der Waals surface area contributed by atoms with Crippen LogP contribution in [0.3, 0.4) is 0 Å². The van der Waals surface area contributed by atoms with Crippen molar-refractivity contribution in [2.45, 2.75) is 71.3 Å². The second-order valence-corrected chi connectivity index (χ2v) is 5.08. The smallest absolute Gasteiger partial charge is 0.220 e. The molecule has 0 aliphatic rings. The van der Waals surface area contributed by atoms with Crippen molar-refractivity contribution in [2.24, 2.45) is 0 Å². The van der Waals surface area contributed by atoms with Gasteiger partial charge in [-0.15, -0.1) is 0 Å². The van der Waals surface area contributed by atoms with E-state index in [1.165, 1.54) is 44.9 Å². The Kier molecular flexibility index (Phi) is 8.86. The molecule has 0 bridgehead atoms. The standard InChI is InChI=1S/C16H27NO2/c1-2-3-4-5-6-7-8-9-12-16(18)17-14-15-11-10-13-19-15/h10-11,13H,2-9,12,14H2,1H3,(H,17,18). The summed E-state index contributed by atoms with van der Waals surface area (Å²) in [5.74, 6) is 0.937. The molecule has 0 radical (unpaired) electrons. The summed E-state index contributed by atoms with van der Waals surface area (Å²) in [6.45, 7) is 2.74. The molecule has 1 aromatic heterocycles. The highest BCUT2D eigenvalue weighted by atomic mass is 16.3. The summed E-state index contributed by atoms with van der Waals surface area (Å²) in [5.41, 5.74) is 0. The molecule has 0 fully saturated rings. The van der Waals surface area contributed by atoms with Gasteiger partial charge in [0, 0.05) is 6.42 Å². The van der Waals surface area contributed by atoms with Gasteiger partial charge >= 0.3 is 0 Å². The molecule has 1 N–H and O–H groups in total.